The standard InChI is InChI=1S/C13H32N2OSi/c1-6-15(7-2)12-11-14-10-8-9-13-17(4,5)16-3/h14H,6-13H2,1-5H3. The number of hydrogen-bond donors (Lipinski definition) is 1. The van der Waals surface area contributed by atoms with Crippen molar-refractivity contribution in [3.05, 3.63) is 0 Å². The SMILES string of the molecule is CCN(CC)CCNCCCC[Si](C)(C)OC. The molecule has 0 atom stereocenters. The summed E-state index contributed by atoms with van der Waals surface area (Å²) in [6.07, 6.45) is 2.57. The van der Waals surface area contributed by atoms with Gasteiger partial charge in [0.1, 0.15) is 0 Å². The molecule has 0 saturated carbocycles. The van der Waals surface area contributed by atoms with Crippen molar-refractivity contribution in [2.24, 2.45) is 0 Å². The summed E-state index contributed by atoms with van der Waals surface area (Å²) in [5.41, 5.74) is 0. The Labute approximate surface area is 109 Å². The van der Waals surface area contributed by atoms with Crippen LogP contribution in [0.3, 0.4) is 0 Å². The first-order valence-corrected chi connectivity index (χ1v) is 10.2. The molecule has 0 heterocycles. The zero-order chi connectivity index (χ0) is 13.1. The third-order valence-corrected chi connectivity index (χ3v) is 6.10. The minimum Gasteiger partial charge on any atom is -0.420 e. The highest BCUT2D eigenvalue weighted by molar-refractivity contribution is 6.71. The molecule has 0 aromatic rings. The van der Waals surface area contributed by atoms with E-state index in [9.17, 15) is 0 Å². The van der Waals surface area contributed by atoms with Gasteiger partial charge in [-0.1, -0.05) is 20.3 Å². The number of nitrogens with zero attached hydrogens (tertiary/aromatic N) is 1. The van der Waals surface area contributed by atoms with Gasteiger partial charge < -0.3 is 14.6 Å². The summed E-state index contributed by atoms with van der Waals surface area (Å²) < 4.78 is 5.54. The molecule has 104 valence electrons. The summed E-state index contributed by atoms with van der Waals surface area (Å²) in [5, 5.41) is 3.52. The van der Waals surface area contributed by atoms with Crippen LogP contribution in [0.25, 0.3) is 0 Å². The molecule has 0 aromatic heterocycles. The van der Waals surface area contributed by atoms with Gasteiger partial charge in [0.05, 0.1) is 0 Å². The largest absolute Gasteiger partial charge is 0.420 e. The van der Waals surface area contributed by atoms with Gasteiger partial charge in [0.2, 0.25) is 0 Å². The Morgan fingerprint density at radius 1 is 1.06 bits per heavy atom. The highest BCUT2D eigenvalue weighted by Gasteiger charge is 2.18. The van der Waals surface area contributed by atoms with E-state index in [4.69, 9.17) is 4.43 Å². The van der Waals surface area contributed by atoms with Crippen LogP contribution in [0.15, 0.2) is 0 Å². The van der Waals surface area contributed by atoms with Crippen molar-refractivity contribution in [3.8, 4) is 0 Å². The second kappa shape index (κ2) is 10.1. The normalized spacial score (nSPS) is 12.4. The van der Waals surface area contributed by atoms with Crippen molar-refractivity contribution >= 4 is 8.32 Å². The van der Waals surface area contributed by atoms with Crippen molar-refractivity contribution in [1.29, 1.82) is 0 Å². The minimum absolute atomic E-state index is 1.12. The molecular formula is C13H32N2OSi. The molecule has 0 unspecified atom stereocenters. The Morgan fingerprint density at radius 3 is 2.24 bits per heavy atom. The fourth-order valence-corrected chi connectivity index (χ4v) is 3.11. The van der Waals surface area contributed by atoms with Gasteiger partial charge in [-0.05, 0) is 45.2 Å². The lowest BCUT2D eigenvalue weighted by Gasteiger charge is -2.20. The predicted octanol–water partition coefficient (Wildman–Crippen LogP) is 2.55. The summed E-state index contributed by atoms with van der Waals surface area (Å²) in [6, 6.07) is 1.28. The average molecular weight is 260 g/mol. The zero-order valence-electron chi connectivity index (χ0n) is 12.5. The smallest absolute Gasteiger partial charge is 0.186 e. The molecule has 0 aliphatic heterocycles. The lowest BCUT2D eigenvalue weighted by Crippen LogP contribution is -2.32. The van der Waals surface area contributed by atoms with E-state index >= 15 is 0 Å². The van der Waals surface area contributed by atoms with Crippen molar-refractivity contribution in [2.75, 3.05) is 39.8 Å². The Morgan fingerprint density at radius 2 is 1.71 bits per heavy atom. The van der Waals surface area contributed by atoms with Crippen LogP contribution in [-0.2, 0) is 4.43 Å². The molecule has 1 N–H and O–H groups in total. The van der Waals surface area contributed by atoms with E-state index in [0.717, 1.165) is 26.2 Å². The minimum atomic E-state index is -1.31. The van der Waals surface area contributed by atoms with Gasteiger partial charge in [-0.3, -0.25) is 0 Å². The summed E-state index contributed by atoms with van der Waals surface area (Å²) >= 11 is 0. The first-order valence-electron chi connectivity index (χ1n) is 7.04. The van der Waals surface area contributed by atoms with E-state index in [1.165, 1.54) is 25.4 Å². The van der Waals surface area contributed by atoms with Gasteiger partial charge in [0.25, 0.3) is 0 Å². The maximum absolute atomic E-state index is 5.54. The Balaban J connectivity index is 3.30. The Bertz CT molecular complexity index is 173. The molecule has 0 amide bonds. The third kappa shape index (κ3) is 9.77. The maximum atomic E-state index is 5.54. The van der Waals surface area contributed by atoms with E-state index in [0.29, 0.717) is 0 Å². The van der Waals surface area contributed by atoms with E-state index in [1.54, 1.807) is 0 Å². The average Bonchev–Trinajstić information content (AvgIpc) is 2.33. The third-order valence-electron chi connectivity index (χ3n) is 3.43. The van der Waals surface area contributed by atoms with Crippen molar-refractivity contribution in [1.82, 2.24) is 10.2 Å². The summed E-state index contributed by atoms with van der Waals surface area (Å²) in [6.45, 7) is 14.8. The number of nitrogens with one attached hydrogen (secondary N) is 1. The molecule has 0 bridgehead atoms. The number of unbranched alkanes of at least 4 members (excludes halogenated alkanes) is 1. The van der Waals surface area contributed by atoms with Crippen molar-refractivity contribution in [2.45, 2.75) is 45.8 Å². The fraction of sp³-hybridized carbons (Fsp3) is 1.00. The zero-order valence-corrected chi connectivity index (χ0v) is 13.5. The molecule has 4 heteroatoms. The van der Waals surface area contributed by atoms with Gasteiger partial charge >= 0.3 is 0 Å². The molecule has 3 nitrogen and oxygen atoms in total. The highest BCUT2D eigenvalue weighted by atomic mass is 28.4. The van der Waals surface area contributed by atoms with Crippen LogP contribution in [0.4, 0.5) is 0 Å². The number of hydrogen-bond acceptors (Lipinski definition) is 3. The van der Waals surface area contributed by atoms with E-state index in [2.05, 4.69) is 37.2 Å². The van der Waals surface area contributed by atoms with Gasteiger partial charge in [-0.2, -0.15) is 0 Å². The molecule has 0 fully saturated rings. The molecule has 0 spiro atoms. The topological polar surface area (TPSA) is 24.5 Å². The molecule has 17 heavy (non-hydrogen) atoms. The second-order valence-electron chi connectivity index (χ2n) is 5.20. The summed E-state index contributed by atoms with van der Waals surface area (Å²) in [7, 11) is 0.544. The van der Waals surface area contributed by atoms with Gasteiger partial charge in [0, 0.05) is 20.2 Å². The van der Waals surface area contributed by atoms with Crippen molar-refractivity contribution in [3.63, 3.8) is 0 Å². The van der Waals surface area contributed by atoms with Crippen LogP contribution in [-0.4, -0.2) is 53.1 Å². The molecule has 0 rings (SSSR count). The fourth-order valence-electron chi connectivity index (χ4n) is 1.80. The predicted molar refractivity (Wildman–Crippen MR) is 79.2 cm³/mol. The molecule has 0 aliphatic carbocycles. The van der Waals surface area contributed by atoms with Crippen LogP contribution in [0, 0.1) is 0 Å². The molecule has 0 aliphatic rings. The maximum Gasteiger partial charge on any atom is 0.186 e. The molecule has 0 aromatic carbocycles. The monoisotopic (exact) mass is 260 g/mol. The molecular weight excluding hydrogens is 228 g/mol. The lowest BCUT2D eigenvalue weighted by atomic mass is 10.3. The van der Waals surface area contributed by atoms with E-state index in [1.807, 2.05) is 7.11 Å². The van der Waals surface area contributed by atoms with Gasteiger partial charge in [-0.15, -0.1) is 0 Å². The Hall–Kier alpha value is 0.0969. The van der Waals surface area contributed by atoms with Crippen LogP contribution in [0.1, 0.15) is 26.7 Å². The highest BCUT2D eigenvalue weighted by Crippen LogP contribution is 2.13. The van der Waals surface area contributed by atoms with E-state index < -0.39 is 8.32 Å². The van der Waals surface area contributed by atoms with Crippen LogP contribution >= 0.6 is 0 Å². The number of likely N-dealkylation sites (N-methyl/N-ethyl adjacent to an activating group) is 1. The van der Waals surface area contributed by atoms with Gasteiger partial charge in [0.15, 0.2) is 8.32 Å². The van der Waals surface area contributed by atoms with Crippen LogP contribution in [0.5, 0.6) is 0 Å². The molecule has 0 saturated heterocycles. The first kappa shape index (κ1) is 17.1. The van der Waals surface area contributed by atoms with Crippen LogP contribution < -0.4 is 5.32 Å². The van der Waals surface area contributed by atoms with E-state index in [-0.39, 0.29) is 0 Å². The van der Waals surface area contributed by atoms with Crippen LogP contribution in [0.2, 0.25) is 19.1 Å². The van der Waals surface area contributed by atoms with Crippen molar-refractivity contribution < 1.29 is 4.43 Å². The first-order chi connectivity index (χ1) is 8.05. The Kier molecular flexibility index (Phi) is 10.1. The van der Waals surface area contributed by atoms with Gasteiger partial charge in [-0.25, -0.2) is 0 Å². The lowest BCUT2D eigenvalue weighted by molar-refractivity contribution is 0.302. The quantitative estimate of drug-likeness (QED) is 0.456. The number of rotatable bonds is 11. The second-order valence-corrected chi connectivity index (χ2v) is 9.63. The molecule has 0 radical (unpaired) electrons. The summed E-state index contributed by atoms with van der Waals surface area (Å²) in [4.78, 5) is 2.45. The summed E-state index contributed by atoms with van der Waals surface area (Å²) in [5.74, 6) is 0.